The third-order valence-electron chi connectivity index (χ3n) is 7.39. The molecule has 0 aromatic carbocycles. The van der Waals surface area contributed by atoms with Gasteiger partial charge >= 0.3 is 5.97 Å². The summed E-state index contributed by atoms with van der Waals surface area (Å²) in [5.74, 6) is -0.125. The maximum Gasteiger partial charge on any atom is 0.330 e. The summed E-state index contributed by atoms with van der Waals surface area (Å²) in [6.45, 7) is 7.10. The number of aliphatic hydroxyl groups is 2. The van der Waals surface area contributed by atoms with Crippen molar-refractivity contribution in [3.05, 3.63) is 48.6 Å². The summed E-state index contributed by atoms with van der Waals surface area (Å²) in [6, 6.07) is 0. The zero-order chi connectivity index (χ0) is 25.5. The Morgan fingerprint density at radius 3 is 2.81 bits per heavy atom. The number of epoxide rings is 1. The monoisotopic (exact) mass is 502 g/mol. The first-order valence-corrected chi connectivity index (χ1v) is 13.5. The van der Waals surface area contributed by atoms with Gasteiger partial charge in [-0.05, 0) is 57.3 Å². The molecule has 4 heterocycles. The van der Waals surface area contributed by atoms with E-state index in [1.54, 1.807) is 12.2 Å². The summed E-state index contributed by atoms with van der Waals surface area (Å²) in [7, 11) is 0. The zero-order valence-corrected chi connectivity index (χ0v) is 21.4. The second-order valence-corrected chi connectivity index (χ2v) is 10.8. The molecule has 0 radical (unpaired) electrons. The Balaban J connectivity index is 1.44. The van der Waals surface area contributed by atoms with Crippen LogP contribution < -0.4 is 0 Å². The van der Waals surface area contributed by atoms with Gasteiger partial charge in [-0.25, -0.2) is 4.79 Å². The number of hydrogen-bond acceptors (Lipinski definition) is 7. The molecular formula is C29H42O7. The number of aliphatic hydroxyl groups excluding tert-OH is 2. The number of carbonyl (C=O) groups excluding carboxylic acids is 1. The zero-order valence-electron chi connectivity index (χ0n) is 21.4. The third-order valence-corrected chi connectivity index (χ3v) is 7.39. The van der Waals surface area contributed by atoms with Gasteiger partial charge in [0.2, 0.25) is 0 Å². The molecule has 0 spiro atoms. The Morgan fingerprint density at radius 1 is 1.14 bits per heavy atom. The van der Waals surface area contributed by atoms with Crippen LogP contribution in [0.5, 0.6) is 0 Å². The molecular weight excluding hydrogens is 460 g/mol. The van der Waals surface area contributed by atoms with E-state index in [-0.39, 0.29) is 30.5 Å². The Kier molecular flexibility index (Phi) is 9.96. The number of rotatable bonds is 3. The lowest BCUT2D eigenvalue weighted by Crippen LogP contribution is -2.32. The Morgan fingerprint density at radius 2 is 2.00 bits per heavy atom. The van der Waals surface area contributed by atoms with E-state index < -0.39 is 24.3 Å². The molecule has 6 unspecified atom stereocenters. The molecule has 7 heteroatoms. The molecule has 36 heavy (non-hydrogen) atoms. The van der Waals surface area contributed by atoms with Gasteiger partial charge in [0.25, 0.3) is 0 Å². The van der Waals surface area contributed by atoms with Gasteiger partial charge in [-0.1, -0.05) is 49.5 Å². The second-order valence-electron chi connectivity index (χ2n) is 10.8. The van der Waals surface area contributed by atoms with E-state index in [1.807, 2.05) is 12.2 Å². The third kappa shape index (κ3) is 8.38. The predicted molar refractivity (Wildman–Crippen MR) is 136 cm³/mol. The van der Waals surface area contributed by atoms with Crippen molar-refractivity contribution in [2.24, 2.45) is 5.92 Å². The normalized spacial score (nSPS) is 40.5. The fourth-order valence-electron chi connectivity index (χ4n) is 5.47. The van der Waals surface area contributed by atoms with E-state index in [9.17, 15) is 15.0 Å². The van der Waals surface area contributed by atoms with E-state index in [0.717, 1.165) is 44.1 Å². The van der Waals surface area contributed by atoms with Gasteiger partial charge < -0.3 is 29.2 Å². The number of hydrogen-bond donors (Lipinski definition) is 2. The molecule has 2 saturated heterocycles. The first kappa shape index (κ1) is 27.3. The minimum atomic E-state index is -0.998. The van der Waals surface area contributed by atoms with Gasteiger partial charge in [0, 0.05) is 19.1 Å². The molecule has 200 valence electrons. The van der Waals surface area contributed by atoms with Crippen LogP contribution in [-0.4, -0.2) is 71.6 Å². The van der Waals surface area contributed by atoms with Gasteiger partial charge in [0.1, 0.15) is 18.3 Å². The molecule has 0 amide bonds. The van der Waals surface area contributed by atoms with Gasteiger partial charge in [-0.15, -0.1) is 0 Å². The maximum atomic E-state index is 12.6. The Bertz CT molecular complexity index is 827. The lowest BCUT2D eigenvalue weighted by Gasteiger charge is -2.28. The molecule has 9 atom stereocenters. The molecule has 4 aliphatic heterocycles. The molecule has 4 aliphatic rings. The summed E-state index contributed by atoms with van der Waals surface area (Å²) in [4.78, 5) is 12.6. The molecule has 0 saturated carbocycles. The van der Waals surface area contributed by atoms with Crippen LogP contribution in [0.3, 0.4) is 0 Å². The minimum Gasteiger partial charge on any atom is -0.456 e. The lowest BCUT2D eigenvalue weighted by atomic mass is 9.91. The molecule has 0 aliphatic carbocycles. The fourth-order valence-corrected chi connectivity index (χ4v) is 5.47. The molecule has 0 aromatic heterocycles. The van der Waals surface area contributed by atoms with E-state index in [0.29, 0.717) is 31.8 Å². The van der Waals surface area contributed by atoms with Gasteiger partial charge in [-0.2, -0.15) is 0 Å². The molecule has 2 fully saturated rings. The van der Waals surface area contributed by atoms with Crippen molar-refractivity contribution in [3.8, 4) is 0 Å². The molecule has 2 N–H and O–H groups in total. The van der Waals surface area contributed by atoms with Crippen molar-refractivity contribution in [2.45, 2.75) is 114 Å². The van der Waals surface area contributed by atoms with E-state index in [2.05, 4.69) is 19.6 Å². The SMILES string of the molecule is C=C1CC(C)C[C@@H]2CC=CC(C/C=C\C(=O)OC(C(O)/C=C/C3CCCCO3)C[C@@H]3OC3[C@@H](O)C1)O2. The highest BCUT2D eigenvalue weighted by molar-refractivity contribution is 5.82. The smallest absolute Gasteiger partial charge is 0.330 e. The highest BCUT2D eigenvalue weighted by Crippen LogP contribution is 2.35. The highest BCUT2D eigenvalue weighted by atomic mass is 16.6. The van der Waals surface area contributed by atoms with Gasteiger partial charge in [-0.3, -0.25) is 0 Å². The van der Waals surface area contributed by atoms with Crippen LogP contribution in [0.15, 0.2) is 48.6 Å². The van der Waals surface area contributed by atoms with Crippen molar-refractivity contribution >= 4 is 5.97 Å². The molecule has 7 nitrogen and oxygen atoms in total. The van der Waals surface area contributed by atoms with Crippen molar-refractivity contribution in [1.29, 1.82) is 0 Å². The van der Waals surface area contributed by atoms with Crippen LogP contribution >= 0.6 is 0 Å². The number of cyclic esters (lactones) is 1. The summed E-state index contributed by atoms with van der Waals surface area (Å²) in [5.41, 5.74) is 0.995. The Labute approximate surface area is 214 Å². The van der Waals surface area contributed by atoms with Gasteiger partial charge in [0.05, 0.1) is 30.5 Å². The van der Waals surface area contributed by atoms with Crippen LogP contribution in [0.25, 0.3) is 0 Å². The number of carbonyl (C=O) groups is 1. The van der Waals surface area contributed by atoms with Crippen LogP contribution in [0.2, 0.25) is 0 Å². The largest absolute Gasteiger partial charge is 0.456 e. The van der Waals surface area contributed by atoms with Crippen LogP contribution in [0.1, 0.15) is 64.7 Å². The number of ether oxygens (including phenoxy) is 4. The summed E-state index contributed by atoms with van der Waals surface area (Å²) < 4.78 is 23.3. The summed E-state index contributed by atoms with van der Waals surface area (Å²) >= 11 is 0. The number of esters is 1. The van der Waals surface area contributed by atoms with Crippen molar-refractivity contribution in [2.75, 3.05) is 6.61 Å². The average molecular weight is 503 g/mol. The first-order valence-electron chi connectivity index (χ1n) is 13.5. The first-order chi connectivity index (χ1) is 17.4. The Hall–Kier alpha value is -1.77. The van der Waals surface area contributed by atoms with Crippen molar-refractivity contribution < 1.29 is 34.0 Å². The minimum absolute atomic E-state index is 0.0317. The quantitative estimate of drug-likeness (QED) is 0.343. The summed E-state index contributed by atoms with van der Waals surface area (Å²) in [5, 5.41) is 21.6. The van der Waals surface area contributed by atoms with Crippen molar-refractivity contribution in [1.82, 2.24) is 0 Å². The fraction of sp³-hybridized carbons (Fsp3) is 0.690. The van der Waals surface area contributed by atoms with E-state index in [4.69, 9.17) is 18.9 Å². The molecule has 2 bridgehead atoms. The van der Waals surface area contributed by atoms with Gasteiger partial charge in [0.15, 0.2) is 0 Å². The highest BCUT2D eigenvalue weighted by Gasteiger charge is 2.46. The predicted octanol–water partition coefficient (Wildman–Crippen LogP) is 3.94. The van der Waals surface area contributed by atoms with E-state index in [1.165, 1.54) is 6.08 Å². The average Bonchev–Trinajstić information content (AvgIpc) is 3.62. The topological polar surface area (TPSA) is 97.8 Å². The van der Waals surface area contributed by atoms with Crippen molar-refractivity contribution in [3.63, 3.8) is 0 Å². The summed E-state index contributed by atoms with van der Waals surface area (Å²) in [6.07, 6.45) is 14.8. The lowest BCUT2D eigenvalue weighted by molar-refractivity contribution is -0.148. The van der Waals surface area contributed by atoms with Crippen LogP contribution in [0, 0.1) is 5.92 Å². The van der Waals surface area contributed by atoms with Crippen LogP contribution in [0.4, 0.5) is 0 Å². The van der Waals surface area contributed by atoms with Crippen LogP contribution in [-0.2, 0) is 23.7 Å². The van der Waals surface area contributed by atoms with E-state index >= 15 is 0 Å². The standard InChI is InChI=1S/C29H42O7/c1-19-15-20(2)17-25(31)29-27(36-29)18-26(24(30)13-12-21-7-3-4-14-33-21)35-28(32)11-6-9-22-8-5-10-23(16-19)34-22/h5-6,8,11-13,19,21-27,29-31H,2-4,7,9-10,14-18H2,1H3/b11-6-,13-12+/t19?,21?,22?,23-,24?,25-,26?,27-,29?/m0/s1. The number of fused-ring (bicyclic) bond motifs is 3. The molecule has 4 rings (SSSR count). The molecule has 0 aromatic rings. The second kappa shape index (κ2) is 13.2. The maximum absolute atomic E-state index is 12.6.